The van der Waals surface area contributed by atoms with E-state index in [9.17, 15) is 31.1 Å². The van der Waals surface area contributed by atoms with E-state index in [1.807, 2.05) is 0 Å². The summed E-state index contributed by atoms with van der Waals surface area (Å²) in [5.74, 6) is 0.563. The monoisotopic (exact) mass is 633 g/mol. The maximum atomic E-state index is 14.1. The molecule has 0 radical (unpaired) electrons. The van der Waals surface area contributed by atoms with Gasteiger partial charge < -0.3 is 9.80 Å². The zero-order chi connectivity index (χ0) is 30.4. The molecule has 1 fully saturated rings. The van der Waals surface area contributed by atoms with Crippen molar-refractivity contribution in [3.05, 3.63) is 74.5 Å². The van der Waals surface area contributed by atoms with Crippen molar-refractivity contribution in [2.24, 2.45) is 0 Å². The summed E-state index contributed by atoms with van der Waals surface area (Å²) in [5.41, 5.74) is -2.27. The fraction of sp³-hybridized carbons (Fsp3) is 0.464. The second-order valence-corrected chi connectivity index (χ2v) is 11.5. The predicted molar refractivity (Wildman–Crippen MR) is 146 cm³/mol. The largest absolute Gasteiger partial charge is 0.416 e. The first-order valence-corrected chi connectivity index (χ1v) is 14.2. The molecule has 226 valence electrons. The average Bonchev–Trinajstić information content (AvgIpc) is 3.31. The number of hydrogen-bond donors (Lipinski definition) is 0. The lowest BCUT2D eigenvalue weighted by atomic mass is 9.97. The first-order chi connectivity index (χ1) is 19.7. The van der Waals surface area contributed by atoms with Gasteiger partial charge >= 0.3 is 12.4 Å². The molecule has 42 heavy (non-hydrogen) atoms. The highest BCUT2D eigenvalue weighted by Gasteiger charge is 2.40. The van der Waals surface area contributed by atoms with E-state index < -0.39 is 35.6 Å². The van der Waals surface area contributed by atoms with E-state index in [1.54, 1.807) is 22.8 Å². The van der Waals surface area contributed by atoms with Gasteiger partial charge in [0.25, 0.3) is 0 Å². The van der Waals surface area contributed by atoms with Crippen LogP contribution in [0, 0.1) is 0 Å². The minimum atomic E-state index is -4.98. The molecule has 14 heteroatoms. The van der Waals surface area contributed by atoms with Gasteiger partial charge in [0.05, 0.1) is 21.2 Å². The van der Waals surface area contributed by atoms with Gasteiger partial charge in [-0.3, -0.25) is 9.36 Å². The Morgan fingerprint density at radius 2 is 1.48 bits per heavy atom. The molecule has 6 nitrogen and oxygen atoms in total. The Bertz CT molecular complexity index is 1440. The number of aromatic nitrogens is 3. The molecule has 0 spiro atoms. The molecule has 3 aromatic rings. The van der Waals surface area contributed by atoms with Crippen molar-refractivity contribution < 1.29 is 31.1 Å². The first kappa shape index (κ1) is 30.5. The number of likely N-dealkylation sites (N-methyl/N-ethyl adjacent to an activating group) is 1. The molecule has 3 heterocycles. The molecular formula is C28H27Cl2F6N5O. The zero-order valence-electron chi connectivity index (χ0n) is 22.4. The molecular weight excluding hydrogens is 607 g/mol. The highest BCUT2D eigenvalue weighted by Crippen LogP contribution is 2.38. The van der Waals surface area contributed by atoms with Gasteiger partial charge in [-0.25, -0.2) is 0 Å². The van der Waals surface area contributed by atoms with Crippen LogP contribution in [0.5, 0.6) is 0 Å². The molecule has 2 unspecified atom stereocenters. The molecule has 0 bridgehead atoms. The SMILES string of the molecule is CN1C(=O)C(Cc2ccc(Cl)c(Cl)c2)n2c(nnc2N2CCCCC2)CC1Cc1cc(C(F)(F)F)cc(C(F)(F)F)c1. The maximum Gasteiger partial charge on any atom is 0.416 e. The summed E-state index contributed by atoms with van der Waals surface area (Å²) in [5, 5.41) is 9.44. The standard InChI is InChI=1S/C28H27Cl2F6N5O/c1-39-20(11-17-9-18(27(31,32)33)14-19(10-17)28(34,35)36)15-24-37-38-26(40-7-3-2-4-8-40)41(24)23(25(39)42)13-16-5-6-21(29)22(30)12-16/h5-6,9-10,12,14,20,23H,2-4,7-8,11,13,15H2,1H3. The van der Waals surface area contributed by atoms with Gasteiger partial charge in [-0.05, 0) is 67.1 Å². The van der Waals surface area contributed by atoms with E-state index in [-0.39, 0.29) is 36.8 Å². The summed E-state index contributed by atoms with van der Waals surface area (Å²) in [7, 11) is 1.51. The van der Waals surface area contributed by atoms with Crippen LogP contribution in [-0.4, -0.2) is 51.8 Å². The normalized spacial score (nSPS) is 20.1. The molecule has 0 aliphatic carbocycles. The number of rotatable bonds is 5. The van der Waals surface area contributed by atoms with E-state index in [1.165, 1.54) is 11.9 Å². The third kappa shape index (κ3) is 6.34. The van der Waals surface area contributed by atoms with Crippen molar-refractivity contribution in [3.63, 3.8) is 0 Å². The average molecular weight is 634 g/mol. The van der Waals surface area contributed by atoms with Crippen LogP contribution in [0.25, 0.3) is 0 Å². The number of piperidine rings is 1. The topological polar surface area (TPSA) is 54.3 Å². The molecule has 1 saturated heterocycles. The number of hydrogen-bond acceptors (Lipinski definition) is 4. The summed E-state index contributed by atoms with van der Waals surface area (Å²) in [6, 6.07) is 4.92. The van der Waals surface area contributed by atoms with Crippen LogP contribution in [0.15, 0.2) is 36.4 Å². The second-order valence-electron chi connectivity index (χ2n) is 10.7. The lowest BCUT2D eigenvalue weighted by Crippen LogP contribution is -2.42. The van der Waals surface area contributed by atoms with Crippen molar-refractivity contribution in [1.82, 2.24) is 19.7 Å². The van der Waals surface area contributed by atoms with Crippen LogP contribution in [0.4, 0.5) is 32.3 Å². The zero-order valence-corrected chi connectivity index (χ0v) is 24.0. The van der Waals surface area contributed by atoms with E-state index in [0.29, 0.717) is 39.5 Å². The molecule has 1 aromatic heterocycles. The van der Waals surface area contributed by atoms with Gasteiger partial charge in [-0.2, -0.15) is 26.3 Å². The molecule has 0 N–H and O–H groups in total. The van der Waals surface area contributed by atoms with E-state index >= 15 is 0 Å². The highest BCUT2D eigenvalue weighted by atomic mass is 35.5. The minimum absolute atomic E-state index is 0.0819. The summed E-state index contributed by atoms with van der Waals surface area (Å²) in [6.07, 6.45) is -6.99. The number of benzene rings is 2. The van der Waals surface area contributed by atoms with Gasteiger partial charge in [-0.1, -0.05) is 29.3 Å². The van der Waals surface area contributed by atoms with Gasteiger partial charge in [-0.15, -0.1) is 10.2 Å². The Morgan fingerprint density at radius 1 is 0.833 bits per heavy atom. The van der Waals surface area contributed by atoms with Crippen molar-refractivity contribution in [3.8, 4) is 0 Å². The lowest BCUT2D eigenvalue weighted by Gasteiger charge is -2.31. The Kier molecular flexibility index (Phi) is 8.41. The molecule has 2 aliphatic heterocycles. The molecule has 0 saturated carbocycles. The molecule has 2 atom stereocenters. The van der Waals surface area contributed by atoms with E-state index in [0.717, 1.165) is 32.4 Å². The third-order valence-electron chi connectivity index (χ3n) is 7.83. The molecule has 2 aliphatic rings. The number of nitrogens with zero attached hydrogens (tertiary/aromatic N) is 5. The van der Waals surface area contributed by atoms with E-state index in [4.69, 9.17) is 23.2 Å². The van der Waals surface area contributed by atoms with Gasteiger partial charge in [0, 0.05) is 39.0 Å². The number of alkyl halides is 6. The number of fused-ring (bicyclic) bond motifs is 1. The number of halogens is 8. The predicted octanol–water partition coefficient (Wildman–Crippen LogP) is 7.02. The Balaban J connectivity index is 1.55. The summed E-state index contributed by atoms with van der Waals surface area (Å²) >= 11 is 12.3. The number of carbonyl (C=O) groups is 1. The van der Waals surface area contributed by atoms with Crippen LogP contribution in [0.2, 0.25) is 10.0 Å². The highest BCUT2D eigenvalue weighted by molar-refractivity contribution is 6.42. The van der Waals surface area contributed by atoms with Gasteiger partial charge in [0.2, 0.25) is 11.9 Å². The summed E-state index contributed by atoms with van der Waals surface area (Å²) < 4.78 is 82.9. The van der Waals surface area contributed by atoms with Crippen molar-refractivity contribution >= 4 is 35.1 Å². The summed E-state index contributed by atoms with van der Waals surface area (Å²) in [6.45, 7) is 1.44. The van der Waals surface area contributed by atoms with E-state index in [2.05, 4.69) is 15.1 Å². The van der Waals surface area contributed by atoms with Crippen molar-refractivity contribution in [2.75, 3.05) is 25.0 Å². The minimum Gasteiger partial charge on any atom is -0.341 e. The number of amides is 1. The van der Waals surface area contributed by atoms with Gasteiger partial charge in [0.15, 0.2) is 0 Å². The fourth-order valence-electron chi connectivity index (χ4n) is 5.64. The third-order valence-corrected chi connectivity index (χ3v) is 8.57. The quantitative estimate of drug-likeness (QED) is 0.283. The smallest absolute Gasteiger partial charge is 0.341 e. The maximum absolute atomic E-state index is 14.1. The molecule has 1 amide bonds. The summed E-state index contributed by atoms with van der Waals surface area (Å²) in [4.78, 5) is 17.5. The van der Waals surface area contributed by atoms with Crippen molar-refractivity contribution in [2.45, 2.75) is 63.0 Å². The molecule has 5 rings (SSSR count). The Morgan fingerprint density at radius 3 is 2.07 bits per heavy atom. The Hall–Kier alpha value is -2.99. The lowest BCUT2D eigenvalue weighted by molar-refractivity contribution is -0.143. The van der Waals surface area contributed by atoms with Crippen LogP contribution in [0.3, 0.4) is 0 Å². The first-order valence-electron chi connectivity index (χ1n) is 13.4. The Labute approximate surface area is 248 Å². The van der Waals surface area contributed by atoms with Crippen LogP contribution in [0.1, 0.15) is 53.4 Å². The van der Waals surface area contributed by atoms with Crippen LogP contribution >= 0.6 is 23.2 Å². The van der Waals surface area contributed by atoms with Crippen LogP contribution < -0.4 is 4.90 Å². The van der Waals surface area contributed by atoms with Crippen LogP contribution in [-0.2, 0) is 36.4 Å². The number of anilines is 1. The molecule has 2 aromatic carbocycles. The fourth-order valence-corrected chi connectivity index (χ4v) is 5.96. The second kappa shape index (κ2) is 11.6. The number of carbonyl (C=O) groups excluding carboxylic acids is 1. The van der Waals surface area contributed by atoms with Crippen molar-refractivity contribution in [1.29, 1.82) is 0 Å². The van der Waals surface area contributed by atoms with Gasteiger partial charge in [0.1, 0.15) is 11.9 Å².